The van der Waals surface area contributed by atoms with Gasteiger partial charge in [-0.2, -0.15) is 5.10 Å². The van der Waals surface area contributed by atoms with E-state index in [2.05, 4.69) is 29.5 Å². The summed E-state index contributed by atoms with van der Waals surface area (Å²) in [4.78, 5) is 23.0. The number of aryl methyl sites for hydroxylation is 1. The maximum atomic E-state index is 12.1. The van der Waals surface area contributed by atoms with Crippen molar-refractivity contribution in [3.8, 4) is 16.9 Å². The van der Waals surface area contributed by atoms with Crippen LogP contribution in [-0.2, 0) is 20.7 Å². The van der Waals surface area contributed by atoms with Crippen LogP contribution in [0.1, 0.15) is 19.4 Å². The number of benzene rings is 2. The van der Waals surface area contributed by atoms with E-state index in [1.165, 1.54) is 12.5 Å². The Kier molecular flexibility index (Phi) is 5.66. The molecule has 0 spiro atoms. The molecule has 3 rings (SSSR count). The van der Waals surface area contributed by atoms with E-state index in [1.807, 2.05) is 42.5 Å². The van der Waals surface area contributed by atoms with Crippen molar-refractivity contribution in [1.29, 1.82) is 0 Å². The molecule has 6 nitrogen and oxygen atoms in total. The van der Waals surface area contributed by atoms with E-state index in [1.54, 1.807) is 10.7 Å². The molecule has 0 fully saturated rings. The number of esters is 1. The van der Waals surface area contributed by atoms with Crippen molar-refractivity contribution in [1.82, 2.24) is 9.78 Å². The number of hydrogen-bond acceptors (Lipinski definition) is 4. The third-order valence-corrected chi connectivity index (χ3v) is 4.04. The van der Waals surface area contributed by atoms with Crippen molar-refractivity contribution in [2.75, 3.05) is 11.9 Å². The number of hydrogen-bond donors (Lipinski definition) is 1. The fourth-order valence-corrected chi connectivity index (χ4v) is 2.63. The Morgan fingerprint density at radius 3 is 2.41 bits per heavy atom. The highest BCUT2D eigenvalue weighted by molar-refractivity contribution is 5.92. The van der Waals surface area contributed by atoms with Gasteiger partial charge < -0.3 is 10.1 Å². The second kappa shape index (κ2) is 8.31. The lowest BCUT2D eigenvalue weighted by Gasteiger charge is -2.08. The monoisotopic (exact) mass is 363 g/mol. The second-order valence-electron chi connectivity index (χ2n) is 6.04. The maximum Gasteiger partial charge on any atom is 0.303 e. The average Bonchev–Trinajstić information content (AvgIpc) is 3.11. The fraction of sp³-hybridized carbons (Fsp3) is 0.190. The first-order valence-corrected chi connectivity index (χ1v) is 8.75. The third kappa shape index (κ3) is 4.61. The van der Waals surface area contributed by atoms with Gasteiger partial charge >= 0.3 is 5.97 Å². The van der Waals surface area contributed by atoms with E-state index in [9.17, 15) is 9.59 Å². The van der Waals surface area contributed by atoms with Gasteiger partial charge in [-0.3, -0.25) is 9.59 Å². The summed E-state index contributed by atoms with van der Waals surface area (Å²) in [5.41, 5.74) is 3.76. The van der Waals surface area contributed by atoms with Crippen LogP contribution in [0.5, 0.6) is 0 Å². The van der Waals surface area contributed by atoms with Crippen LogP contribution in [0.3, 0.4) is 0 Å². The van der Waals surface area contributed by atoms with E-state index in [4.69, 9.17) is 4.74 Å². The number of aromatic nitrogens is 2. The smallest absolute Gasteiger partial charge is 0.303 e. The van der Waals surface area contributed by atoms with Crippen LogP contribution < -0.4 is 5.32 Å². The Morgan fingerprint density at radius 1 is 1.07 bits per heavy atom. The van der Waals surface area contributed by atoms with Crippen LogP contribution in [0.15, 0.2) is 60.7 Å². The SMILES string of the molecule is CCc1ccc(-c2cc(NC(=O)COC(C)=O)n(-c3ccccc3)n2)cc1. The topological polar surface area (TPSA) is 73.2 Å². The zero-order chi connectivity index (χ0) is 19.2. The number of nitrogens with one attached hydrogen (secondary N) is 1. The van der Waals surface area contributed by atoms with E-state index in [0.717, 1.165) is 23.4 Å². The molecule has 0 saturated carbocycles. The number of amides is 1. The number of nitrogens with zero attached hydrogens (tertiary/aromatic N) is 2. The van der Waals surface area contributed by atoms with Gasteiger partial charge in [0.05, 0.1) is 11.4 Å². The molecule has 27 heavy (non-hydrogen) atoms. The standard InChI is InChI=1S/C21H21N3O3/c1-3-16-9-11-17(12-10-16)19-13-20(22-21(26)14-27-15(2)25)24(23-19)18-7-5-4-6-8-18/h4-13H,3,14H2,1-2H3,(H,22,26). The summed E-state index contributed by atoms with van der Waals surface area (Å²) in [6, 6.07) is 19.5. The Bertz CT molecular complexity index is 931. The minimum atomic E-state index is -0.501. The molecule has 1 aromatic heterocycles. The Balaban J connectivity index is 1.93. The minimum Gasteiger partial charge on any atom is -0.456 e. The lowest BCUT2D eigenvalue weighted by atomic mass is 10.1. The summed E-state index contributed by atoms with van der Waals surface area (Å²) in [6.07, 6.45) is 0.968. The van der Waals surface area contributed by atoms with Crippen molar-refractivity contribution < 1.29 is 14.3 Å². The average molecular weight is 363 g/mol. The van der Waals surface area contributed by atoms with Crippen molar-refractivity contribution >= 4 is 17.7 Å². The van der Waals surface area contributed by atoms with E-state index in [0.29, 0.717) is 5.82 Å². The van der Waals surface area contributed by atoms with Gasteiger partial charge in [0.15, 0.2) is 6.61 Å². The molecular formula is C21H21N3O3. The zero-order valence-corrected chi connectivity index (χ0v) is 15.3. The van der Waals surface area contributed by atoms with Gasteiger partial charge in [-0.05, 0) is 24.1 Å². The summed E-state index contributed by atoms with van der Waals surface area (Å²) in [5.74, 6) is -0.415. The van der Waals surface area contributed by atoms with Crippen LogP contribution in [0.2, 0.25) is 0 Å². The minimum absolute atomic E-state index is 0.337. The molecule has 1 heterocycles. The third-order valence-electron chi connectivity index (χ3n) is 4.04. The molecule has 3 aromatic rings. The maximum absolute atomic E-state index is 12.1. The Hall–Kier alpha value is -3.41. The van der Waals surface area contributed by atoms with Gasteiger partial charge in [0, 0.05) is 18.6 Å². The molecule has 0 unspecified atom stereocenters. The molecule has 6 heteroatoms. The number of anilines is 1. The van der Waals surface area contributed by atoms with Crippen molar-refractivity contribution in [3.63, 3.8) is 0 Å². The predicted molar refractivity (Wildman–Crippen MR) is 104 cm³/mol. The van der Waals surface area contributed by atoms with Crippen LogP contribution >= 0.6 is 0 Å². The van der Waals surface area contributed by atoms with Gasteiger partial charge in [0.25, 0.3) is 5.91 Å². The summed E-state index contributed by atoms with van der Waals surface area (Å²) < 4.78 is 6.42. The van der Waals surface area contributed by atoms with Crippen molar-refractivity contribution in [2.45, 2.75) is 20.3 Å². The number of ether oxygens (including phenoxy) is 1. The number of para-hydroxylation sites is 1. The highest BCUT2D eigenvalue weighted by Crippen LogP contribution is 2.25. The molecule has 0 aliphatic rings. The molecule has 2 aromatic carbocycles. The zero-order valence-electron chi connectivity index (χ0n) is 15.3. The van der Waals surface area contributed by atoms with Gasteiger partial charge in [0.1, 0.15) is 5.82 Å². The highest BCUT2D eigenvalue weighted by Gasteiger charge is 2.14. The first-order valence-electron chi connectivity index (χ1n) is 8.75. The normalized spacial score (nSPS) is 10.4. The van der Waals surface area contributed by atoms with Crippen molar-refractivity contribution in [3.05, 3.63) is 66.2 Å². The van der Waals surface area contributed by atoms with Gasteiger partial charge in [-0.1, -0.05) is 49.4 Å². The molecule has 1 N–H and O–H groups in total. The van der Waals surface area contributed by atoms with E-state index >= 15 is 0 Å². The molecule has 138 valence electrons. The van der Waals surface area contributed by atoms with Crippen LogP contribution in [0.25, 0.3) is 16.9 Å². The van der Waals surface area contributed by atoms with Crippen LogP contribution in [0, 0.1) is 0 Å². The molecule has 1 amide bonds. The number of rotatable bonds is 6. The quantitative estimate of drug-likeness (QED) is 0.679. The lowest BCUT2D eigenvalue weighted by molar-refractivity contribution is -0.144. The lowest BCUT2D eigenvalue weighted by Crippen LogP contribution is -2.21. The first-order chi connectivity index (χ1) is 13.1. The van der Waals surface area contributed by atoms with Gasteiger partial charge in [-0.15, -0.1) is 0 Å². The Morgan fingerprint density at radius 2 is 1.78 bits per heavy atom. The van der Waals surface area contributed by atoms with Gasteiger partial charge in [0.2, 0.25) is 0 Å². The molecule has 0 aliphatic carbocycles. The van der Waals surface area contributed by atoms with Crippen LogP contribution in [-0.4, -0.2) is 28.3 Å². The van der Waals surface area contributed by atoms with Crippen LogP contribution in [0.4, 0.5) is 5.82 Å². The molecule has 0 atom stereocenters. The summed E-state index contributed by atoms with van der Waals surface area (Å²) in [5, 5.41) is 7.41. The largest absolute Gasteiger partial charge is 0.456 e. The number of carbonyl (C=O) groups excluding carboxylic acids is 2. The Labute approximate surface area is 157 Å². The molecule has 0 saturated heterocycles. The summed E-state index contributed by atoms with van der Waals surface area (Å²) in [6.45, 7) is 3.03. The summed E-state index contributed by atoms with van der Waals surface area (Å²) in [7, 11) is 0. The molecule has 0 bridgehead atoms. The predicted octanol–water partition coefficient (Wildman–Crippen LogP) is 3.60. The van der Waals surface area contributed by atoms with Gasteiger partial charge in [-0.25, -0.2) is 4.68 Å². The number of carbonyl (C=O) groups is 2. The second-order valence-corrected chi connectivity index (χ2v) is 6.04. The molecule has 0 radical (unpaired) electrons. The molecular weight excluding hydrogens is 342 g/mol. The fourth-order valence-electron chi connectivity index (χ4n) is 2.63. The first kappa shape index (κ1) is 18.4. The summed E-state index contributed by atoms with van der Waals surface area (Å²) >= 11 is 0. The molecule has 0 aliphatic heterocycles. The van der Waals surface area contributed by atoms with E-state index in [-0.39, 0.29) is 6.61 Å². The van der Waals surface area contributed by atoms with E-state index < -0.39 is 11.9 Å². The van der Waals surface area contributed by atoms with Crippen molar-refractivity contribution in [2.24, 2.45) is 0 Å². The highest BCUT2D eigenvalue weighted by atomic mass is 16.5.